The summed E-state index contributed by atoms with van der Waals surface area (Å²) in [5.74, 6) is 0.490. The first-order valence-electron chi connectivity index (χ1n) is 6.03. The Kier molecular flexibility index (Phi) is 3.66. The molecule has 0 bridgehead atoms. The number of urea groups is 1. The van der Waals surface area contributed by atoms with Crippen molar-refractivity contribution >= 4 is 6.03 Å². The van der Waals surface area contributed by atoms with Gasteiger partial charge >= 0.3 is 6.03 Å². The summed E-state index contributed by atoms with van der Waals surface area (Å²) in [6.07, 6.45) is 0. The number of hydrogen-bond donors (Lipinski definition) is 2. The van der Waals surface area contributed by atoms with Crippen LogP contribution in [0.5, 0.6) is 0 Å². The Labute approximate surface area is 96.5 Å². The molecular weight excluding hydrogens is 206 g/mol. The van der Waals surface area contributed by atoms with Crippen LogP contribution >= 0.6 is 0 Å². The molecule has 2 unspecified atom stereocenters. The highest BCUT2D eigenvalue weighted by Gasteiger charge is 2.32. The van der Waals surface area contributed by atoms with E-state index in [2.05, 4.69) is 24.5 Å². The van der Waals surface area contributed by atoms with Crippen molar-refractivity contribution in [3.63, 3.8) is 0 Å². The van der Waals surface area contributed by atoms with Gasteiger partial charge in [0.15, 0.2) is 0 Å². The molecule has 5 heteroatoms. The zero-order chi connectivity index (χ0) is 11.5. The van der Waals surface area contributed by atoms with Gasteiger partial charge in [-0.1, -0.05) is 13.8 Å². The van der Waals surface area contributed by atoms with E-state index in [0.29, 0.717) is 12.5 Å². The number of ether oxygens (including phenoxy) is 1. The summed E-state index contributed by atoms with van der Waals surface area (Å²) in [5.41, 5.74) is 0. The lowest BCUT2D eigenvalue weighted by Crippen LogP contribution is -2.49. The van der Waals surface area contributed by atoms with Crippen molar-refractivity contribution in [2.24, 2.45) is 5.92 Å². The Morgan fingerprint density at radius 1 is 1.56 bits per heavy atom. The van der Waals surface area contributed by atoms with E-state index >= 15 is 0 Å². The number of carbonyl (C=O) groups is 1. The molecule has 2 aliphatic rings. The maximum Gasteiger partial charge on any atom is 0.317 e. The Balaban J connectivity index is 1.83. The van der Waals surface area contributed by atoms with Gasteiger partial charge in [-0.3, -0.25) is 0 Å². The van der Waals surface area contributed by atoms with Gasteiger partial charge in [-0.25, -0.2) is 4.79 Å². The van der Waals surface area contributed by atoms with Crippen LogP contribution < -0.4 is 10.6 Å². The van der Waals surface area contributed by atoms with Gasteiger partial charge in [0.1, 0.15) is 0 Å². The number of carbonyl (C=O) groups excluding carboxylic acids is 1. The highest BCUT2D eigenvalue weighted by molar-refractivity contribution is 5.77. The summed E-state index contributed by atoms with van der Waals surface area (Å²) in [7, 11) is 0. The minimum Gasteiger partial charge on any atom is -0.378 e. The smallest absolute Gasteiger partial charge is 0.317 e. The zero-order valence-electron chi connectivity index (χ0n) is 10.0. The molecule has 0 aliphatic carbocycles. The third-order valence-electron chi connectivity index (χ3n) is 3.26. The zero-order valence-corrected chi connectivity index (χ0v) is 10.0. The molecule has 92 valence electrons. The highest BCUT2D eigenvalue weighted by atomic mass is 16.5. The van der Waals surface area contributed by atoms with Gasteiger partial charge in [0.2, 0.25) is 0 Å². The van der Waals surface area contributed by atoms with Crippen LogP contribution in [0.25, 0.3) is 0 Å². The average Bonchev–Trinajstić information content (AvgIpc) is 2.62. The fourth-order valence-corrected chi connectivity index (χ4v) is 2.15. The summed E-state index contributed by atoms with van der Waals surface area (Å²) in [4.78, 5) is 13.6. The molecule has 2 fully saturated rings. The molecule has 0 radical (unpaired) electrons. The van der Waals surface area contributed by atoms with Crippen LogP contribution in [0.4, 0.5) is 4.79 Å². The molecule has 0 saturated carbocycles. The number of hydrogen-bond acceptors (Lipinski definition) is 3. The minimum atomic E-state index is 0.0612. The lowest BCUT2D eigenvalue weighted by molar-refractivity contribution is 0.0678. The summed E-state index contributed by atoms with van der Waals surface area (Å²) in [6.45, 7) is 8.19. The van der Waals surface area contributed by atoms with Crippen molar-refractivity contribution < 1.29 is 9.53 Å². The molecule has 2 rings (SSSR count). The summed E-state index contributed by atoms with van der Waals surface area (Å²) in [6, 6.07) is 0.633. The number of amides is 2. The molecular formula is C11H21N3O2. The predicted octanol–water partition coefficient (Wildman–Crippen LogP) is 0.0246. The van der Waals surface area contributed by atoms with E-state index in [4.69, 9.17) is 4.74 Å². The fourth-order valence-electron chi connectivity index (χ4n) is 2.15. The van der Waals surface area contributed by atoms with E-state index < -0.39 is 0 Å². The normalized spacial score (nSPS) is 30.9. The molecule has 2 N–H and O–H groups in total. The monoisotopic (exact) mass is 227 g/mol. The summed E-state index contributed by atoms with van der Waals surface area (Å²) in [5, 5.41) is 6.38. The maximum absolute atomic E-state index is 11.7. The average molecular weight is 227 g/mol. The van der Waals surface area contributed by atoms with Gasteiger partial charge in [0, 0.05) is 25.7 Å². The van der Waals surface area contributed by atoms with Gasteiger partial charge in [0.25, 0.3) is 0 Å². The van der Waals surface area contributed by atoms with Gasteiger partial charge in [0.05, 0.1) is 19.3 Å². The molecule has 0 aromatic rings. The van der Waals surface area contributed by atoms with E-state index in [1.165, 1.54) is 0 Å². The molecule has 0 aromatic carbocycles. The van der Waals surface area contributed by atoms with Crippen molar-refractivity contribution in [1.29, 1.82) is 0 Å². The largest absolute Gasteiger partial charge is 0.378 e. The van der Waals surface area contributed by atoms with E-state index in [1.807, 2.05) is 4.90 Å². The molecule has 2 heterocycles. The first-order chi connectivity index (χ1) is 7.66. The summed E-state index contributed by atoms with van der Waals surface area (Å²) < 4.78 is 5.38. The van der Waals surface area contributed by atoms with Crippen LogP contribution in [0.3, 0.4) is 0 Å². The van der Waals surface area contributed by atoms with E-state index in [9.17, 15) is 4.79 Å². The molecule has 2 aliphatic heterocycles. The maximum atomic E-state index is 11.7. The third kappa shape index (κ3) is 2.65. The molecule has 0 aromatic heterocycles. The Bertz CT molecular complexity index is 252. The number of nitrogens with one attached hydrogen (secondary N) is 2. The first-order valence-corrected chi connectivity index (χ1v) is 6.03. The molecule has 2 saturated heterocycles. The Morgan fingerprint density at radius 2 is 2.38 bits per heavy atom. The standard InChI is InChI=1S/C11H21N3O2/c1-8(2)10-6-14(11(15)13-10)5-9-7-16-4-3-12-9/h8-10,12H,3-7H2,1-2H3,(H,13,15). The minimum absolute atomic E-state index is 0.0612. The van der Waals surface area contributed by atoms with Gasteiger partial charge in [-0.2, -0.15) is 0 Å². The van der Waals surface area contributed by atoms with Crippen LogP contribution in [0, 0.1) is 5.92 Å². The Morgan fingerprint density at radius 3 is 2.94 bits per heavy atom. The second kappa shape index (κ2) is 5.01. The predicted molar refractivity (Wildman–Crippen MR) is 61.3 cm³/mol. The van der Waals surface area contributed by atoms with Crippen molar-refractivity contribution in [3.05, 3.63) is 0 Å². The fraction of sp³-hybridized carbons (Fsp3) is 0.909. The first kappa shape index (κ1) is 11.7. The van der Waals surface area contributed by atoms with Gasteiger partial charge < -0.3 is 20.3 Å². The van der Waals surface area contributed by atoms with E-state index in [1.54, 1.807) is 0 Å². The SMILES string of the molecule is CC(C)C1CN(CC2COCCN2)C(=O)N1. The van der Waals surface area contributed by atoms with Crippen molar-refractivity contribution in [1.82, 2.24) is 15.5 Å². The van der Waals surface area contributed by atoms with Gasteiger partial charge in [-0.05, 0) is 5.92 Å². The van der Waals surface area contributed by atoms with Crippen LogP contribution in [0.2, 0.25) is 0 Å². The second-order valence-electron chi connectivity index (χ2n) is 4.93. The van der Waals surface area contributed by atoms with Gasteiger partial charge in [-0.15, -0.1) is 0 Å². The topological polar surface area (TPSA) is 53.6 Å². The molecule has 5 nitrogen and oxygen atoms in total. The second-order valence-corrected chi connectivity index (χ2v) is 4.93. The molecule has 2 amide bonds. The molecule has 2 atom stereocenters. The lowest BCUT2D eigenvalue weighted by Gasteiger charge is -2.27. The van der Waals surface area contributed by atoms with E-state index in [0.717, 1.165) is 26.2 Å². The summed E-state index contributed by atoms with van der Waals surface area (Å²) >= 11 is 0. The van der Waals surface area contributed by atoms with E-state index in [-0.39, 0.29) is 18.1 Å². The molecule has 16 heavy (non-hydrogen) atoms. The van der Waals surface area contributed by atoms with Crippen molar-refractivity contribution in [2.75, 3.05) is 32.8 Å². The quantitative estimate of drug-likeness (QED) is 0.715. The van der Waals surface area contributed by atoms with Crippen LogP contribution in [-0.2, 0) is 4.74 Å². The van der Waals surface area contributed by atoms with Crippen molar-refractivity contribution in [3.8, 4) is 0 Å². The number of rotatable bonds is 3. The highest BCUT2D eigenvalue weighted by Crippen LogP contribution is 2.12. The number of nitrogens with zero attached hydrogens (tertiary/aromatic N) is 1. The number of morpholine rings is 1. The third-order valence-corrected chi connectivity index (χ3v) is 3.26. The van der Waals surface area contributed by atoms with Crippen LogP contribution in [0.15, 0.2) is 0 Å². The molecule has 0 spiro atoms. The van der Waals surface area contributed by atoms with Crippen LogP contribution in [0.1, 0.15) is 13.8 Å². The Hall–Kier alpha value is -0.810. The van der Waals surface area contributed by atoms with Crippen LogP contribution in [-0.4, -0.2) is 55.9 Å². The lowest BCUT2D eigenvalue weighted by atomic mass is 10.1. The van der Waals surface area contributed by atoms with Crippen molar-refractivity contribution in [2.45, 2.75) is 25.9 Å².